The van der Waals surface area contributed by atoms with E-state index in [1.165, 1.54) is 6.08 Å². The summed E-state index contributed by atoms with van der Waals surface area (Å²) >= 11 is 3.14. The number of carboxylic acid groups (broad SMARTS) is 2. The predicted octanol–water partition coefficient (Wildman–Crippen LogP) is 1.81. The van der Waals surface area contributed by atoms with Crippen LogP contribution in [0.3, 0.4) is 0 Å². The third-order valence-electron chi connectivity index (χ3n) is 2.69. The molecule has 1 aliphatic carbocycles. The molecule has 0 spiro atoms. The van der Waals surface area contributed by atoms with Crippen molar-refractivity contribution >= 4 is 27.9 Å². The first-order valence-electron chi connectivity index (χ1n) is 4.34. The van der Waals surface area contributed by atoms with E-state index in [0.717, 1.165) is 0 Å². The van der Waals surface area contributed by atoms with Gasteiger partial charge >= 0.3 is 11.9 Å². The number of carboxylic acids is 2. The Labute approximate surface area is 95.4 Å². The van der Waals surface area contributed by atoms with Gasteiger partial charge in [0, 0.05) is 17.3 Å². The van der Waals surface area contributed by atoms with Crippen LogP contribution in [-0.4, -0.2) is 27.5 Å². The van der Waals surface area contributed by atoms with Crippen molar-refractivity contribution in [3.8, 4) is 0 Å². The van der Waals surface area contributed by atoms with Gasteiger partial charge in [-0.3, -0.25) is 4.79 Å². The van der Waals surface area contributed by atoms with Gasteiger partial charge in [-0.2, -0.15) is 0 Å². The lowest BCUT2D eigenvalue weighted by Crippen LogP contribution is -2.36. The molecule has 2 N–H and O–H groups in total. The minimum Gasteiger partial charge on any atom is -0.481 e. The monoisotopic (exact) mass is 274 g/mol. The molecule has 0 aromatic heterocycles. The smallest absolute Gasteiger partial charge is 0.331 e. The van der Waals surface area contributed by atoms with E-state index >= 15 is 0 Å². The Balaban J connectivity index is 3.15. The van der Waals surface area contributed by atoms with E-state index in [9.17, 15) is 9.59 Å². The van der Waals surface area contributed by atoms with Crippen LogP contribution >= 0.6 is 15.9 Å². The van der Waals surface area contributed by atoms with Crippen LogP contribution in [0.4, 0.5) is 0 Å². The summed E-state index contributed by atoms with van der Waals surface area (Å²) in [7, 11) is 0. The molecular weight excluding hydrogens is 264 g/mol. The van der Waals surface area contributed by atoms with E-state index in [0.29, 0.717) is 5.57 Å². The summed E-state index contributed by atoms with van der Waals surface area (Å²) in [6.45, 7) is 1.70. The molecule has 0 amide bonds. The molecule has 0 saturated heterocycles. The molecule has 1 aliphatic rings. The van der Waals surface area contributed by atoms with E-state index in [1.54, 1.807) is 13.0 Å². The molecule has 0 aromatic carbocycles. The Bertz CT molecular complexity index is 370. The average Bonchev–Trinajstić information content (AvgIpc) is 2.18. The van der Waals surface area contributed by atoms with Gasteiger partial charge in [0.05, 0.1) is 0 Å². The topological polar surface area (TPSA) is 74.6 Å². The van der Waals surface area contributed by atoms with E-state index in [1.807, 2.05) is 0 Å². The second-order valence-corrected chi connectivity index (χ2v) is 4.11. The molecule has 5 heteroatoms. The highest BCUT2D eigenvalue weighted by Gasteiger charge is 2.42. The van der Waals surface area contributed by atoms with Crippen molar-refractivity contribution in [3.05, 3.63) is 23.3 Å². The zero-order valence-corrected chi connectivity index (χ0v) is 9.74. The van der Waals surface area contributed by atoms with Gasteiger partial charge < -0.3 is 10.2 Å². The average molecular weight is 275 g/mol. The fourth-order valence-corrected chi connectivity index (χ4v) is 2.39. The molecular formula is C10H11BrO4. The van der Waals surface area contributed by atoms with Crippen molar-refractivity contribution in [1.82, 2.24) is 0 Å². The molecule has 0 radical (unpaired) electrons. The zero-order chi connectivity index (χ0) is 11.6. The number of aliphatic carboxylic acids is 2. The number of carbonyl (C=O) groups is 2. The first-order chi connectivity index (χ1) is 6.94. The standard InChI is InChI=1S/C10H11BrO4/c1-6-2-3-7(8(12)13)4-10(6,5-11)9(14)15/h2-3H,4-5H2,1H3,(H,12,13)(H,14,15). The van der Waals surface area contributed by atoms with Gasteiger partial charge in [-0.15, -0.1) is 0 Å². The molecule has 15 heavy (non-hydrogen) atoms. The van der Waals surface area contributed by atoms with Crippen LogP contribution in [0, 0.1) is 5.41 Å². The fourth-order valence-electron chi connectivity index (χ4n) is 1.51. The lowest BCUT2D eigenvalue weighted by atomic mass is 9.74. The fraction of sp³-hybridized carbons (Fsp3) is 0.400. The largest absolute Gasteiger partial charge is 0.481 e. The second-order valence-electron chi connectivity index (χ2n) is 3.54. The maximum absolute atomic E-state index is 11.2. The Hall–Kier alpha value is -1.10. The van der Waals surface area contributed by atoms with E-state index in [4.69, 9.17) is 10.2 Å². The summed E-state index contributed by atoms with van der Waals surface area (Å²) in [5, 5.41) is 18.2. The van der Waals surface area contributed by atoms with Crippen LogP contribution < -0.4 is 0 Å². The van der Waals surface area contributed by atoms with E-state index in [-0.39, 0.29) is 17.3 Å². The number of hydrogen-bond donors (Lipinski definition) is 2. The molecule has 0 fully saturated rings. The predicted molar refractivity (Wildman–Crippen MR) is 58.0 cm³/mol. The molecule has 0 bridgehead atoms. The summed E-state index contributed by atoms with van der Waals surface area (Å²) in [6.07, 6.45) is 3.04. The Morgan fingerprint density at radius 1 is 1.47 bits per heavy atom. The summed E-state index contributed by atoms with van der Waals surface area (Å²) in [6, 6.07) is 0. The van der Waals surface area contributed by atoms with E-state index < -0.39 is 17.4 Å². The SMILES string of the molecule is CC1=CC=C(C(=O)O)CC1(CBr)C(=O)O. The van der Waals surface area contributed by atoms with E-state index in [2.05, 4.69) is 15.9 Å². The summed E-state index contributed by atoms with van der Waals surface area (Å²) < 4.78 is 0. The molecule has 0 aliphatic heterocycles. The van der Waals surface area contributed by atoms with Crippen molar-refractivity contribution < 1.29 is 19.8 Å². The second kappa shape index (κ2) is 4.18. The summed E-state index contributed by atoms with van der Waals surface area (Å²) in [4.78, 5) is 22.0. The Morgan fingerprint density at radius 3 is 2.47 bits per heavy atom. The first-order valence-corrected chi connectivity index (χ1v) is 5.47. The highest BCUT2D eigenvalue weighted by atomic mass is 79.9. The maximum Gasteiger partial charge on any atom is 0.331 e. The van der Waals surface area contributed by atoms with Gasteiger partial charge in [-0.05, 0) is 6.92 Å². The van der Waals surface area contributed by atoms with Crippen LogP contribution in [0.25, 0.3) is 0 Å². The van der Waals surface area contributed by atoms with Gasteiger partial charge in [-0.25, -0.2) is 4.79 Å². The van der Waals surface area contributed by atoms with Crippen LogP contribution in [0.15, 0.2) is 23.3 Å². The molecule has 1 atom stereocenters. The van der Waals surface area contributed by atoms with Crippen molar-refractivity contribution in [3.63, 3.8) is 0 Å². The molecule has 0 aromatic rings. The molecule has 1 unspecified atom stereocenters. The van der Waals surface area contributed by atoms with Gasteiger partial charge in [0.1, 0.15) is 5.41 Å². The van der Waals surface area contributed by atoms with Crippen molar-refractivity contribution in [1.29, 1.82) is 0 Å². The molecule has 1 rings (SSSR count). The highest BCUT2D eigenvalue weighted by Crippen LogP contribution is 2.39. The van der Waals surface area contributed by atoms with Gasteiger partial charge in [-0.1, -0.05) is 33.7 Å². The summed E-state index contributed by atoms with van der Waals surface area (Å²) in [5.74, 6) is -2.06. The number of hydrogen-bond acceptors (Lipinski definition) is 2. The third kappa shape index (κ3) is 1.97. The zero-order valence-electron chi connectivity index (χ0n) is 8.16. The van der Waals surface area contributed by atoms with Crippen LogP contribution in [0.2, 0.25) is 0 Å². The number of alkyl halides is 1. The quantitative estimate of drug-likeness (QED) is 0.770. The van der Waals surface area contributed by atoms with Crippen molar-refractivity contribution in [2.75, 3.05) is 5.33 Å². The Morgan fingerprint density at radius 2 is 2.07 bits per heavy atom. The Kier molecular flexibility index (Phi) is 3.34. The molecule has 82 valence electrons. The third-order valence-corrected chi connectivity index (χ3v) is 3.65. The minimum absolute atomic E-state index is 0.0191. The first kappa shape index (κ1) is 12.0. The van der Waals surface area contributed by atoms with Crippen LogP contribution in [-0.2, 0) is 9.59 Å². The molecule has 0 heterocycles. The lowest BCUT2D eigenvalue weighted by molar-refractivity contribution is -0.145. The van der Waals surface area contributed by atoms with Gasteiger partial charge in [0.15, 0.2) is 0 Å². The molecule has 4 nitrogen and oxygen atoms in total. The highest BCUT2D eigenvalue weighted by molar-refractivity contribution is 9.09. The van der Waals surface area contributed by atoms with Gasteiger partial charge in [0.2, 0.25) is 0 Å². The number of halogens is 1. The van der Waals surface area contributed by atoms with Crippen molar-refractivity contribution in [2.45, 2.75) is 13.3 Å². The number of allylic oxidation sites excluding steroid dienone is 2. The van der Waals surface area contributed by atoms with Crippen LogP contribution in [0.1, 0.15) is 13.3 Å². The maximum atomic E-state index is 11.2. The van der Waals surface area contributed by atoms with Crippen LogP contribution in [0.5, 0.6) is 0 Å². The van der Waals surface area contributed by atoms with Gasteiger partial charge in [0.25, 0.3) is 0 Å². The minimum atomic E-state index is -1.12. The van der Waals surface area contributed by atoms with Crippen molar-refractivity contribution in [2.24, 2.45) is 5.41 Å². The number of rotatable bonds is 3. The lowest BCUT2D eigenvalue weighted by Gasteiger charge is -2.30. The molecule has 0 saturated carbocycles. The summed E-state index contributed by atoms with van der Waals surface area (Å²) in [5.41, 5.74) is -0.332. The normalized spacial score (nSPS) is 25.5.